The van der Waals surface area contributed by atoms with Gasteiger partial charge in [-0.1, -0.05) is 19.3 Å². The van der Waals surface area contributed by atoms with Gasteiger partial charge in [0.25, 0.3) is 0 Å². The van der Waals surface area contributed by atoms with Crippen molar-refractivity contribution in [3.63, 3.8) is 0 Å². The highest BCUT2D eigenvalue weighted by atomic mass is 16.4. The van der Waals surface area contributed by atoms with E-state index in [1.165, 1.54) is 19.3 Å². The molecule has 1 saturated heterocycles. The number of urea groups is 1. The zero-order chi connectivity index (χ0) is 12.3. The number of nitrogens with zero attached hydrogens (tertiary/aromatic N) is 1. The summed E-state index contributed by atoms with van der Waals surface area (Å²) in [5.74, 6) is -0.632. The first kappa shape index (κ1) is 12.2. The lowest BCUT2D eigenvalue weighted by molar-refractivity contribution is -0.139. The Bertz CT molecular complexity index is 294. The lowest BCUT2D eigenvalue weighted by atomic mass is 9.95. The molecule has 5 nitrogen and oxygen atoms in total. The Morgan fingerprint density at radius 2 is 1.82 bits per heavy atom. The Balaban J connectivity index is 1.66. The monoisotopic (exact) mass is 240 g/mol. The van der Waals surface area contributed by atoms with Crippen LogP contribution in [-0.2, 0) is 4.79 Å². The minimum atomic E-state index is -0.776. The average Bonchev–Trinajstić information content (AvgIpc) is 2.23. The molecule has 2 amide bonds. The number of hydrogen-bond acceptors (Lipinski definition) is 2. The second kappa shape index (κ2) is 5.38. The molecule has 2 N–H and O–H groups in total. The van der Waals surface area contributed by atoms with Gasteiger partial charge in [-0.3, -0.25) is 4.79 Å². The van der Waals surface area contributed by atoms with Gasteiger partial charge in [-0.15, -0.1) is 0 Å². The molecule has 0 atom stereocenters. The van der Waals surface area contributed by atoms with Crippen LogP contribution in [0.3, 0.4) is 0 Å². The number of aliphatic carboxylic acids is 1. The van der Waals surface area contributed by atoms with Crippen LogP contribution in [0.4, 0.5) is 4.79 Å². The van der Waals surface area contributed by atoms with Gasteiger partial charge in [-0.2, -0.15) is 0 Å². The highest BCUT2D eigenvalue weighted by Crippen LogP contribution is 2.21. The van der Waals surface area contributed by atoms with Gasteiger partial charge in [0.15, 0.2) is 0 Å². The third-order valence-electron chi connectivity index (χ3n) is 3.64. The molecule has 1 aliphatic carbocycles. The fourth-order valence-electron chi connectivity index (χ4n) is 2.62. The van der Waals surface area contributed by atoms with Crippen molar-refractivity contribution in [3.05, 3.63) is 0 Å². The second-order valence-corrected chi connectivity index (χ2v) is 5.15. The zero-order valence-electron chi connectivity index (χ0n) is 10.0. The van der Waals surface area contributed by atoms with Crippen molar-refractivity contribution in [2.45, 2.75) is 44.6 Å². The van der Waals surface area contributed by atoms with Crippen molar-refractivity contribution in [2.24, 2.45) is 5.92 Å². The summed E-state index contributed by atoms with van der Waals surface area (Å²) in [5.41, 5.74) is 0. The van der Waals surface area contributed by atoms with Crippen molar-refractivity contribution in [2.75, 3.05) is 13.1 Å². The first-order chi connectivity index (χ1) is 8.15. The Morgan fingerprint density at radius 1 is 1.18 bits per heavy atom. The van der Waals surface area contributed by atoms with E-state index in [1.807, 2.05) is 0 Å². The smallest absolute Gasteiger partial charge is 0.317 e. The summed E-state index contributed by atoms with van der Waals surface area (Å²) in [7, 11) is 0. The highest BCUT2D eigenvalue weighted by Gasteiger charge is 2.32. The molecule has 2 aliphatic rings. The first-order valence-electron chi connectivity index (χ1n) is 6.42. The number of carbonyl (C=O) groups is 2. The van der Waals surface area contributed by atoms with Gasteiger partial charge < -0.3 is 15.3 Å². The molecular weight excluding hydrogens is 220 g/mol. The van der Waals surface area contributed by atoms with Crippen LogP contribution in [0, 0.1) is 5.92 Å². The van der Waals surface area contributed by atoms with Crippen molar-refractivity contribution < 1.29 is 14.7 Å². The largest absolute Gasteiger partial charge is 0.481 e. The summed E-state index contributed by atoms with van der Waals surface area (Å²) >= 11 is 0. The minimum Gasteiger partial charge on any atom is -0.481 e. The molecule has 0 aromatic heterocycles. The lowest BCUT2D eigenvalue weighted by Gasteiger charge is -2.39. The van der Waals surface area contributed by atoms with Crippen LogP contribution in [0.1, 0.15) is 38.5 Å². The van der Waals surface area contributed by atoms with Gasteiger partial charge >= 0.3 is 12.0 Å². The van der Waals surface area contributed by atoms with E-state index in [0.717, 1.165) is 12.8 Å². The quantitative estimate of drug-likeness (QED) is 0.784. The van der Waals surface area contributed by atoms with E-state index in [9.17, 15) is 9.59 Å². The molecule has 0 bridgehead atoms. The van der Waals surface area contributed by atoms with Crippen molar-refractivity contribution >= 4 is 12.0 Å². The lowest BCUT2D eigenvalue weighted by Crippen LogP contribution is -2.56. The van der Waals surface area contributed by atoms with Gasteiger partial charge in [0.05, 0.1) is 6.42 Å². The van der Waals surface area contributed by atoms with E-state index < -0.39 is 5.97 Å². The maximum Gasteiger partial charge on any atom is 0.317 e. The van der Waals surface area contributed by atoms with E-state index >= 15 is 0 Å². The van der Waals surface area contributed by atoms with Crippen LogP contribution in [0.25, 0.3) is 0 Å². The van der Waals surface area contributed by atoms with Crippen molar-refractivity contribution in [3.8, 4) is 0 Å². The summed E-state index contributed by atoms with van der Waals surface area (Å²) in [5, 5.41) is 11.6. The predicted molar refractivity (Wildman–Crippen MR) is 62.7 cm³/mol. The van der Waals surface area contributed by atoms with Gasteiger partial charge in [-0.05, 0) is 12.8 Å². The summed E-state index contributed by atoms with van der Waals surface area (Å²) in [6.07, 6.45) is 6.01. The van der Waals surface area contributed by atoms with Crippen molar-refractivity contribution in [1.29, 1.82) is 0 Å². The number of likely N-dealkylation sites (tertiary alicyclic amines) is 1. The number of carbonyl (C=O) groups excluding carboxylic acids is 1. The molecule has 2 fully saturated rings. The predicted octanol–water partition coefficient (Wildman–Crippen LogP) is 1.44. The van der Waals surface area contributed by atoms with Crippen LogP contribution >= 0.6 is 0 Å². The molecule has 0 radical (unpaired) electrons. The maximum atomic E-state index is 11.8. The fourth-order valence-corrected chi connectivity index (χ4v) is 2.62. The fraction of sp³-hybridized carbons (Fsp3) is 0.833. The zero-order valence-corrected chi connectivity index (χ0v) is 10.0. The van der Waals surface area contributed by atoms with Gasteiger partial charge in [0.1, 0.15) is 0 Å². The second-order valence-electron chi connectivity index (χ2n) is 5.15. The van der Waals surface area contributed by atoms with Crippen molar-refractivity contribution in [1.82, 2.24) is 10.2 Å². The van der Waals surface area contributed by atoms with E-state index in [2.05, 4.69) is 5.32 Å². The SMILES string of the molecule is O=C(O)CC1CN(C(=O)NC2CCCCC2)C1. The standard InChI is InChI=1S/C12H20N2O3/c15-11(16)6-9-7-14(8-9)12(17)13-10-4-2-1-3-5-10/h9-10H,1-8H2,(H,13,17)(H,15,16). The van der Waals surface area contributed by atoms with E-state index in [-0.39, 0.29) is 18.4 Å². The number of nitrogens with one attached hydrogen (secondary N) is 1. The summed E-state index contributed by atoms with van der Waals surface area (Å²) in [6.45, 7) is 1.18. The van der Waals surface area contributed by atoms with Crippen LogP contribution < -0.4 is 5.32 Å². The number of rotatable bonds is 3. The van der Waals surface area contributed by atoms with Crippen LogP contribution in [0.5, 0.6) is 0 Å². The third kappa shape index (κ3) is 3.35. The molecule has 1 heterocycles. The number of hydrogen-bond donors (Lipinski definition) is 2. The van der Waals surface area contributed by atoms with Crippen LogP contribution in [0.15, 0.2) is 0 Å². The Labute approximate surface area is 101 Å². The molecule has 0 aromatic rings. The Morgan fingerprint density at radius 3 is 2.41 bits per heavy atom. The Hall–Kier alpha value is -1.26. The molecule has 1 saturated carbocycles. The summed E-state index contributed by atoms with van der Waals surface area (Å²) in [6, 6.07) is 0.313. The average molecular weight is 240 g/mol. The van der Waals surface area contributed by atoms with E-state index in [1.54, 1.807) is 4.90 Å². The van der Waals surface area contributed by atoms with Crippen LogP contribution in [0.2, 0.25) is 0 Å². The molecule has 96 valence electrons. The van der Waals surface area contributed by atoms with Gasteiger partial charge in [-0.25, -0.2) is 4.79 Å². The van der Waals surface area contributed by atoms with Crippen LogP contribution in [-0.4, -0.2) is 41.1 Å². The molecular formula is C12H20N2O3. The summed E-state index contributed by atoms with van der Waals surface area (Å²) in [4.78, 5) is 24.0. The third-order valence-corrected chi connectivity index (χ3v) is 3.64. The molecule has 17 heavy (non-hydrogen) atoms. The minimum absolute atomic E-state index is 0.0152. The molecule has 0 unspecified atom stereocenters. The number of carboxylic acid groups (broad SMARTS) is 1. The number of carboxylic acids is 1. The van der Waals surface area contributed by atoms with Gasteiger partial charge in [0.2, 0.25) is 0 Å². The molecule has 2 rings (SSSR count). The maximum absolute atomic E-state index is 11.8. The normalized spacial score (nSPS) is 22.0. The van der Waals surface area contributed by atoms with Gasteiger partial charge in [0, 0.05) is 25.0 Å². The molecule has 0 aromatic carbocycles. The van der Waals surface area contributed by atoms with E-state index in [0.29, 0.717) is 19.1 Å². The van der Waals surface area contributed by atoms with E-state index in [4.69, 9.17) is 5.11 Å². The number of amides is 2. The molecule has 0 spiro atoms. The Kier molecular flexibility index (Phi) is 3.86. The molecule has 5 heteroatoms. The molecule has 1 aliphatic heterocycles. The summed E-state index contributed by atoms with van der Waals surface area (Å²) < 4.78 is 0. The first-order valence-corrected chi connectivity index (χ1v) is 6.42. The topological polar surface area (TPSA) is 69.6 Å². The highest BCUT2D eigenvalue weighted by molar-refractivity contribution is 5.76.